The Bertz CT molecular complexity index is 1040. The molecule has 0 radical (unpaired) electrons. The second-order valence-electron chi connectivity index (χ2n) is 6.68. The summed E-state index contributed by atoms with van der Waals surface area (Å²) in [5.41, 5.74) is 1.12. The lowest BCUT2D eigenvalue weighted by molar-refractivity contribution is -0.167. The van der Waals surface area contributed by atoms with Gasteiger partial charge in [-0.1, -0.05) is 4.83 Å². The molecule has 11 heteroatoms. The largest absolute Gasteiger partial charge is 0.489 e. The van der Waals surface area contributed by atoms with Gasteiger partial charge in [-0.25, -0.2) is 8.42 Å². The Balaban J connectivity index is 1.36. The summed E-state index contributed by atoms with van der Waals surface area (Å²) in [6, 6.07) is 9.19. The number of ether oxygens (including phenoxy) is 3. The third kappa shape index (κ3) is 4.50. The molecule has 1 fully saturated rings. The molecular formula is C19H19N3O7S. The van der Waals surface area contributed by atoms with Crippen LogP contribution in [0.15, 0.2) is 65.3 Å². The Hall–Kier alpha value is -2.83. The molecule has 4 rings (SSSR count). The molecule has 0 saturated carbocycles. The monoisotopic (exact) mass is 433 g/mol. The molecule has 1 aliphatic heterocycles. The van der Waals surface area contributed by atoms with Crippen molar-refractivity contribution >= 4 is 15.9 Å². The fraction of sp³-hybridized carbons (Fsp3) is 0.263. The van der Waals surface area contributed by atoms with E-state index in [-0.39, 0.29) is 41.1 Å². The molecule has 158 valence electrons. The molecule has 0 spiro atoms. The lowest BCUT2D eigenvalue weighted by Crippen LogP contribution is -2.44. The molecule has 2 atom stereocenters. The Morgan fingerprint density at radius 1 is 1.20 bits per heavy atom. The Labute approximate surface area is 172 Å². The number of aromatic nitrogens is 1. The first-order valence-electron chi connectivity index (χ1n) is 9.04. The number of hydrogen-bond acceptors (Lipinski definition) is 8. The van der Waals surface area contributed by atoms with Crippen LogP contribution in [0.25, 0.3) is 0 Å². The van der Waals surface area contributed by atoms with E-state index >= 15 is 0 Å². The van der Waals surface area contributed by atoms with E-state index in [1.54, 1.807) is 24.5 Å². The minimum atomic E-state index is -4.19. The molecule has 2 heterocycles. The van der Waals surface area contributed by atoms with Crippen molar-refractivity contribution in [1.29, 1.82) is 0 Å². The van der Waals surface area contributed by atoms with Crippen LogP contribution in [0.3, 0.4) is 0 Å². The molecular weight excluding hydrogens is 414 g/mol. The molecule has 10 nitrogen and oxygen atoms in total. The molecule has 1 amide bonds. The van der Waals surface area contributed by atoms with Crippen LogP contribution in [0, 0.1) is 0 Å². The zero-order valence-electron chi connectivity index (χ0n) is 15.7. The highest BCUT2D eigenvalue weighted by molar-refractivity contribution is 7.89. The lowest BCUT2D eigenvalue weighted by Gasteiger charge is -2.17. The predicted molar refractivity (Wildman–Crippen MR) is 101 cm³/mol. The molecule has 1 aliphatic carbocycles. The van der Waals surface area contributed by atoms with Crippen molar-refractivity contribution in [3.8, 4) is 5.75 Å². The van der Waals surface area contributed by atoms with Gasteiger partial charge >= 0.3 is 0 Å². The van der Waals surface area contributed by atoms with Gasteiger partial charge in [0.15, 0.2) is 0 Å². The van der Waals surface area contributed by atoms with Crippen LogP contribution in [0.5, 0.6) is 5.75 Å². The van der Waals surface area contributed by atoms with Crippen molar-refractivity contribution < 1.29 is 32.6 Å². The fourth-order valence-corrected chi connectivity index (χ4v) is 3.99. The van der Waals surface area contributed by atoms with E-state index in [1.807, 2.05) is 4.83 Å². The van der Waals surface area contributed by atoms with Gasteiger partial charge in [0, 0.05) is 24.4 Å². The van der Waals surface area contributed by atoms with E-state index in [0.717, 1.165) is 5.56 Å². The number of hydroxylamine groups is 1. The maximum Gasteiger partial charge on any atom is 0.289 e. The number of carbonyl (C=O) groups excluding carboxylic acids is 1. The SMILES string of the molecule is O=C(C1=CC2OCOC2C1)N(O)NS(=O)(=O)c1ccc(OCc2ccncc2)cc1. The highest BCUT2D eigenvalue weighted by atomic mass is 32.2. The van der Waals surface area contributed by atoms with Crippen molar-refractivity contribution in [2.24, 2.45) is 0 Å². The van der Waals surface area contributed by atoms with E-state index < -0.39 is 15.9 Å². The molecule has 2 aliphatic rings. The second kappa shape index (κ2) is 8.50. The van der Waals surface area contributed by atoms with E-state index in [2.05, 4.69) is 4.98 Å². The topological polar surface area (TPSA) is 127 Å². The minimum absolute atomic E-state index is 0.0456. The first kappa shape index (κ1) is 20.4. The normalized spacial score (nSPS) is 20.5. The van der Waals surface area contributed by atoms with Gasteiger partial charge in [-0.3, -0.25) is 15.0 Å². The third-order valence-electron chi connectivity index (χ3n) is 4.66. The van der Waals surface area contributed by atoms with E-state index in [9.17, 15) is 18.4 Å². The zero-order valence-corrected chi connectivity index (χ0v) is 16.5. The van der Waals surface area contributed by atoms with E-state index in [1.165, 1.54) is 30.3 Å². The molecule has 1 aromatic heterocycles. The number of hydrazine groups is 1. The Kier molecular flexibility index (Phi) is 5.79. The lowest BCUT2D eigenvalue weighted by atomic mass is 10.2. The zero-order chi connectivity index (χ0) is 21.1. The van der Waals surface area contributed by atoms with Gasteiger partial charge < -0.3 is 14.2 Å². The van der Waals surface area contributed by atoms with Crippen LogP contribution in [0.1, 0.15) is 12.0 Å². The molecule has 2 aromatic rings. The minimum Gasteiger partial charge on any atom is -0.489 e. The van der Waals surface area contributed by atoms with Gasteiger partial charge in [0.2, 0.25) is 0 Å². The standard InChI is InChI=1S/C19H19N3O7S/c23-19(14-9-17-18(10-14)29-12-28-17)22(24)21-30(25,26)16-3-1-15(2-4-16)27-11-13-5-7-20-8-6-13/h1-9,17-18,21,24H,10-12H2. The maximum atomic E-state index is 12.5. The number of nitrogens with zero attached hydrogens (tertiary/aromatic N) is 2. The van der Waals surface area contributed by atoms with Gasteiger partial charge in [0.05, 0.1) is 11.0 Å². The van der Waals surface area contributed by atoms with Gasteiger partial charge in [-0.15, -0.1) is 5.17 Å². The summed E-state index contributed by atoms with van der Waals surface area (Å²) in [6.07, 6.45) is 4.38. The molecule has 2 N–H and O–H groups in total. The van der Waals surface area contributed by atoms with Crippen LogP contribution in [-0.2, 0) is 30.9 Å². The molecule has 2 unspecified atom stereocenters. The Morgan fingerprint density at radius 2 is 1.93 bits per heavy atom. The number of rotatable bonds is 7. The quantitative estimate of drug-likeness (QED) is 0.492. The summed E-state index contributed by atoms with van der Waals surface area (Å²) in [7, 11) is -4.19. The summed E-state index contributed by atoms with van der Waals surface area (Å²) in [4.78, 5) is 17.9. The van der Waals surface area contributed by atoms with Crippen molar-refractivity contribution in [3.63, 3.8) is 0 Å². The van der Waals surface area contributed by atoms with Gasteiger partial charge in [-0.2, -0.15) is 0 Å². The summed E-state index contributed by atoms with van der Waals surface area (Å²) in [5.74, 6) is -0.428. The predicted octanol–water partition coefficient (Wildman–Crippen LogP) is 1.14. The van der Waals surface area contributed by atoms with E-state index in [4.69, 9.17) is 14.2 Å². The van der Waals surface area contributed by atoms with Gasteiger partial charge in [-0.05, 0) is 48.0 Å². The van der Waals surface area contributed by atoms with Crippen LogP contribution in [-0.4, -0.2) is 48.7 Å². The number of amides is 1. The molecule has 30 heavy (non-hydrogen) atoms. The first-order valence-corrected chi connectivity index (χ1v) is 10.5. The summed E-state index contributed by atoms with van der Waals surface area (Å²) >= 11 is 0. The first-order chi connectivity index (χ1) is 14.4. The van der Waals surface area contributed by atoms with Crippen LogP contribution < -0.4 is 9.57 Å². The van der Waals surface area contributed by atoms with Crippen molar-refractivity contribution in [2.45, 2.75) is 30.1 Å². The number of benzene rings is 1. The fourth-order valence-electron chi connectivity index (χ4n) is 3.08. The van der Waals surface area contributed by atoms with Crippen LogP contribution >= 0.6 is 0 Å². The number of sulfonamides is 1. The van der Waals surface area contributed by atoms with Gasteiger partial charge in [0.25, 0.3) is 15.9 Å². The number of pyridine rings is 1. The van der Waals surface area contributed by atoms with Crippen LogP contribution in [0.4, 0.5) is 0 Å². The number of nitrogens with one attached hydrogen (secondary N) is 1. The summed E-state index contributed by atoms with van der Waals surface area (Å²) in [6.45, 7) is 0.446. The molecule has 1 saturated heterocycles. The molecule has 0 bridgehead atoms. The summed E-state index contributed by atoms with van der Waals surface area (Å²) in [5, 5.41) is 9.90. The number of hydrogen-bond donors (Lipinski definition) is 2. The van der Waals surface area contributed by atoms with Crippen molar-refractivity contribution in [1.82, 2.24) is 15.0 Å². The maximum absolute atomic E-state index is 12.5. The van der Waals surface area contributed by atoms with Gasteiger partial charge in [0.1, 0.15) is 25.3 Å². The second-order valence-corrected chi connectivity index (χ2v) is 8.34. The Morgan fingerprint density at radius 3 is 2.63 bits per heavy atom. The van der Waals surface area contributed by atoms with Crippen LogP contribution in [0.2, 0.25) is 0 Å². The average molecular weight is 433 g/mol. The summed E-state index contributed by atoms with van der Waals surface area (Å²) < 4.78 is 41.1. The smallest absolute Gasteiger partial charge is 0.289 e. The van der Waals surface area contributed by atoms with Crippen molar-refractivity contribution in [3.05, 3.63) is 66.0 Å². The van der Waals surface area contributed by atoms with E-state index in [0.29, 0.717) is 12.4 Å². The molecule has 1 aromatic carbocycles. The number of fused-ring (bicyclic) bond motifs is 1. The average Bonchev–Trinajstić information content (AvgIpc) is 3.35. The third-order valence-corrected chi connectivity index (χ3v) is 5.96. The van der Waals surface area contributed by atoms with Crippen molar-refractivity contribution in [2.75, 3.05) is 6.79 Å². The highest BCUT2D eigenvalue weighted by Gasteiger charge is 2.38. The highest BCUT2D eigenvalue weighted by Crippen LogP contribution is 2.29. The number of carbonyl (C=O) groups is 1.